The third-order valence-electron chi connectivity index (χ3n) is 2.12. The van der Waals surface area contributed by atoms with Crippen LogP contribution in [0.1, 0.15) is 11.1 Å². The van der Waals surface area contributed by atoms with Crippen molar-refractivity contribution in [3.63, 3.8) is 0 Å². The third-order valence-corrected chi connectivity index (χ3v) is 4.77. The van der Waals surface area contributed by atoms with Crippen LogP contribution in [0.4, 0.5) is 0 Å². The van der Waals surface area contributed by atoms with E-state index in [-0.39, 0.29) is 0 Å². The minimum absolute atomic E-state index is 1.10. The van der Waals surface area contributed by atoms with Crippen LogP contribution in [0.2, 0.25) is 39.3 Å². The largest absolute Gasteiger partial charge is 0.129 e. The summed E-state index contributed by atoms with van der Waals surface area (Å²) in [5, 5.41) is 0. The predicted molar refractivity (Wildman–Crippen MR) is 99.6 cm³/mol. The summed E-state index contributed by atoms with van der Waals surface area (Å²) in [5.41, 5.74) is 9.04. The monoisotopic (exact) mass is 396 g/mol. The molecule has 3 heteroatoms. The molecule has 0 aliphatic heterocycles. The van der Waals surface area contributed by atoms with Gasteiger partial charge < -0.3 is 0 Å². The zero-order valence-corrected chi connectivity index (χ0v) is 16.8. The third kappa shape index (κ3) is 7.01. The zero-order chi connectivity index (χ0) is 14.7. The van der Waals surface area contributed by atoms with Crippen molar-refractivity contribution in [3.05, 3.63) is 32.9 Å². The van der Waals surface area contributed by atoms with Crippen molar-refractivity contribution in [1.82, 2.24) is 0 Å². The Bertz CT molecular complexity index is 582. The van der Waals surface area contributed by atoms with Crippen molar-refractivity contribution in [1.29, 1.82) is 0 Å². The maximum Gasteiger partial charge on any atom is 0.129 e. The number of halogens is 1. The van der Waals surface area contributed by atoms with E-state index < -0.39 is 16.1 Å². The minimum Gasteiger partial charge on any atom is -0.127 e. The molecule has 19 heavy (non-hydrogen) atoms. The van der Waals surface area contributed by atoms with Crippen molar-refractivity contribution < 1.29 is 0 Å². The highest BCUT2D eigenvalue weighted by Crippen LogP contribution is 2.14. The van der Waals surface area contributed by atoms with Crippen LogP contribution in [0.3, 0.4) is 0 Å². The van der Waals surface area contributed by atoms with Crippen molar-refractivity contribution in [2.24, 2.45) is 0 Å². The summed E-state index contributed by atoms with van der Waals surface area (Å²) in [7, 11) is -2.60. The molecule has 100 valence electrons. The quantitative estimate of drug-likeness (QED) is 0.337. The maximum atomic E-state index is 3.41. The fraction of sp³-hybridized carbons (Fsp3) is 0.375. The molecule has 0 aliphatic carbocycles. The molecule has 1 aromatic rings. The van der Waals surface area contributed by atoms with E-state index in [2.05, 4.69) is 103 Å². The molecule has 1 aromatic carbocycles. The van der Waals surface area contributed by atoms with E-state index in [9.17, 15) is 0 Å². The lowest BCUT2D eigenvalue weighted by molar-refractivity contribution is 1.55. The molecule has 0 spiro atoms. The first-order valence-corrected chi connectivity index (χ1v) is 14.5. The molecule has 1 rings (SSSR count). The molecule has 0 saturated carbocycles. The molecular weight excluding hydrogens is 375 g/mol. The van der Waals surface area contributed by atoms with Crippen LogP contribution < -0.4 is 0 Å². The average Bonchev–Trinajstić information content (AvgIpc) is 2.22. The number of rotatable bonds is 0. The summed E-state index contributed by atoms with van der Waals surface area (Å²) in [6.45, 7) is 13.6. The lowest BCUT2D eigenvalue weighted by atomic mass is 10.1. The minimum atomic E-state index is -1.30. The first kappa shape index (κ1) is 16.6. The number of hydrogen-bond donors (Lipinski definition) is 0. The summed E-state index contributed by atoms with van der Waals surface area (Å²) in [5.74, 6) is 6.61. The second-order valence-corrected chi connectivity index (χ2v) is 17.4. The van der Waals surface area contributed by atoms with E-state index >= 15 is 0 Å². The Balaban J connectivity index is 3.04. The Labute approximate surface area is 133 Å². The predicted octanol–water partition coefficient (Wildman–Crippen LogP) is 4.75. The second kappa shape index (κ2) is 6.30. The van der Waals surface area contributed by atoms with Gasteiger partial charge in [0.15, 0.2) is 0 Å². The van der Waals surface area contributed by atoms with Crippen LogP contribution in [0.5, 0.6) is 0 Å². The summed E-state index contributed by atoms with van der Waals surface area (Å²) in [6, 6.07) is 6.33. The average molecular weight is 396 g/mol. The van der Waals surface area contributed by atoms with Crippen molar-refractivity contribution in [2.45, 2.75) is 39.3 Å². The lowest BCUT2D eigenvalue weighted by Crippen LogP contribution is -2.16. The van der Waals surface area contributed by atoms with Gasteiger partial charge in [0, 0.05) is 14.7 Å². The first-order chi connectivity index (χ1) is 8.57. The smallest absolute Gasteiger partial charge is 0.127 e. The molecule has 0 bridgehead atoms. The molecule has 0 aromatic heterocycles. The van der Waals surface area contributed by atoms with Gasteiger partial charge in [-0.15, -0.1) is 11.1 Å². The summed E-state index contributed by atoms with van der Waals surface area (Å²) >= 11 is 2.35. The van der Waals surface area contributed by atoms with E-state index in [4.69, 9.17) is 0 Å². The molecule has 0 unspecified atom stereocenters. The SMILES string of the molecule is C[Si](C)(C)C#Cc1ccc(C#C[Si](C)(C)C)c(I)c1. The Kier molecular flexibility index (Phi) is 5.49. The lowest BCUT2D eigenvalue weighted by Gasteiger charge is -2.05. The molecule has 0 nitrogen and oxygen atoms in total. The first-order valence-electron chi connectivity index (χ1n) is 6.43. The Morgan fingerprint density at radius 1 is 0.842 bits per heavy atom. The van der Waals surface area contributed by atoms with E-state index in [0.29, 0.717) is 0 Å². The van der Waals surface area contributed by atoms with Gasteiger partial charge in [-0.05, 0) is 40.8 Å². The highest BCUT2D eigenvalue weighted by Gasteiger charge is 2.09. The van der Waals surface area contributed by atoms with Gasteiger partial charge in [-0.25, -0.2) is 0 Å². The number of benzene rings is 1. The van der Waals surface area contributed by atoms with Crippen LogP contribution in [-0.4, -0.2) is 16.1 Å². The van der Waals surface area contributed by atoms with E-state index in [1.807, 2.05) is 0 Å². The van der Waals surface area contributed by atoms with E-state index in [0.717, 1.165) is 11.1 Å². The molecule has 0 atom stereocenters. The summed E-state index contributed by atoms with van der Waals surface area (Å²) in [6.07, 6.45) is 0. The van der Waals surface area contributed by atoms with Crippen LogP contribution in [-0.2, 0) is 0 Å². The van der Waals surface area contributed by atoms with Gasteiger partial charge in [0.05, 0.1) is 0 Å². The Hall–Kier alpha value is -0.496. The van der Waals surface area contributed by atoms with Crippen LogP contribution in [0.25, 0.3) is 0 Å². The van der Waals surface area contributed by atoms with E-state index in [1.54, 1.807) is 0 Å². The Morgan fingerprint density at radius 2 is 1.37 bits per heavy atom. The molecule has 0 fully saturated rings. The zero-order valence-electron chi connectivity index (χ0n) is 12.6. The van der Waals surface area contributed by atoms with Gasteiger partial charge in [0.2, 0.25) is 0 Å². The fourth-order valence-electron chi connectivity index (χ4n) is 1.21. The highest BCUT2D eigenvalue weighted by molar-refractivity contribution is 14.1. The molecule has 0 radical (unpaired) electrons. The van der Waals surface area contributed by atoms with Crippen molar-refractivity contribution in [2.75, 3.05) is 0 Å². The van der Waals surface area contributed by atoms with E-state index in [1.165, 1.54) is 3.57 Å². The van der Waals surface area contributed by atoms with Gasteiger partial charge in [-0.2, -0.15) is 0 Å². The molecule has 0 aliphatic rings. The second-order valence-electron chi connectivity index (χ2n) is 6.69. The maximum absolute atomic E-state index is 3.41. The van der Waals surface area contributed by atoms with Gasteiger partial charge in [-0.3, -0.25) is 0 Å². The Morgan fingerprint density at radius 3 is 1.84 bits per heavy atom. The number of hydrogen-bond acceptors (Lipinski definition) is 0. The van der Waals surface area contributed by atoms with Gasteiger partial charge in [0.25, 0.3) is 0 Å². The molecule has 0 heterocycles. The molecule has 0 saturated heterocycles. The standard InChI is InChI=1S/C16H21ISi2/c1-18(2,3)11-9-14-7-8-15(16(17)13-14)10-12-19(4,5)6/h7-8,13H,1-6H3. The van der Waals surface area contributed by atoms with Gasteiger partial charge in [0.1, 0.15) is 16.1 Å². The van der Waals surface area contributed by atoms with Crippen LogP contribution in [0, 0.1) is 26.5 Å². The molecular formula is C16H21ISi2. The van der Waals surface area contributed by atoms with Gasteiger partial charge in [-0.1, -0.05) is 51.1 Å². The normalized spacial score (nSPS) is 11.1. The van der Waals surface area contributed by atoms with Crippen molar-refractivity contribution >= 4 is 38.7 Å². The van der Waals surface area contributed by atoms with Crippen LogP contribution in [0.15, 0.2) is 18.2 Å². The van der Waals surface area contributed by atoms with Gasteiger partial charge >= 0.3 is 0 Å². The summed E-state index contributed by atoms with van der Waals surface area (Å²) in [4.78, 5) is 0. The molecule has 0 amide bonds. The fourth-order valence-corrected chi connectivity index (χ4v) is 2.89. The summed E-state index contributed by atoms with van der Waals surface area (Å²) < 4.78 is 1.20. The highest BCUT2D eigenvalue weighted by atomic mass is 127. The molecule has 0 N–H and O–H groups in total. The van der Waals surface area contributed by atoms with Crippen LogP contribution >= 0.6 is 22.6 Å². The van der Waals surface area contributed by atoms with Crippen molar-refractivity contribution in [3.8, 4) is 22.9 Å². The topological polar surface area (TPSA) is 0 Å².